The monoisotopic (exact) mass is 275 g/mol. The van der Waals surface area contributed by atoms with Crippen LogP contribution in [-0.2, 0) is 11.0 Å². The summed E-state index contributed by atoms with van der Waals surface area (Å²) in [5.41, 5.74) is -1.10. The normalized spacial score (nSPS) is 20.1. The first kappa shape index (κ1) is 13.7. The molecule has 4 nitrogen and oxygen atoms in total. The Kier molecular flexibility index (Phi) is 3.40. The highest BCUT2D eigenvalue weighted by Gasteiger charge is 2.35. The number of phenols is 1. The van der Waals surface area contributed by atoms with Gasteiger partial charge in [-0.3, -0.25) is 4.79 Å². The fourth-order valence-corrected chi connectivity index (χ4v) is 2.05. The SMILES string of the molecule is O=C1CC(CO)CN1c1cc(C(F)(F)F)ccc1O. The maximum absolute atomic E-state index is 12.6. The van der Waals surface area contributed by atoms with Gasteiger partial charge < -0.3 is 15.1 Å². The number of hydrogen-bond donors (Lipinski definition) is 2. The Balaban J connectivity index is 2.37. The number of alkyl halides is 3. The number of hydrogen-bond acceptors (Lipinski definition) is 3. The zero-order chi connectivity index (χ0) is 14.2. The molecule has 0 saturated carbocycles. The highest BCUT2D eigenvalue weighted by molar-refractivity contribution is 5.97. The number of carbonyl (C=O) groups is 1. The fraction of sp³-hybridized carbons (Fsp3) is 0.417. The van der Waals surface area contributed by atoms with Gasteiger partial charge in [0.05, 0.1) is 11.3 Å². The number of aliphatic hydroxyl groups is 1. The molecular weight excluding hydrogens is 263 g/mol. The third-order valence-electron chi connectivity index (χ3n) is 3.06. The molecule has 2 rings (SSSR count). The molecule has 0 bridgehead atoms. The predicted molar refractivity (Wildman–Crippen MR) is 60.7 cm³/mol. The van der Waals surface area contributed by atoms with Crippen LogP contribution < -0.4 is 4.90 Å². The molecule has 104 valence electrons. The van der Waals surface area contributed by atoms with E-state index in [1.165, 1.54) is 0 Å². The highest BCUT2D eigenvalue weighted by atomic mass is 19.4. The van der Waals surface area contributed by atoms with Gasteiger partial charge in [-0.05, 0) is 18.2 Å². The molecule has 1 aromatic rings. The van der Waals surface area contributed by atoms with E-state index in [0.717, 1.165) is 23.1 Å². The van der Waals surface area contributed by atoms with Crippen molar-refractivity contribution in [3.63, 3.8) is 0 Å². The average molecular weight is 275 g/mol. The topological polar surface area (TPSA) is 60.8 Å². The molecule has 2 N–H and O–H groups in total. The van der Waals surface area contributed by atoms with Crippen molar-refractivity contribution in [2.45, 2.75) is 12.6 Å². The average Bonchev–Trinajstić information content (AvgIpc) is 2.69. The van der Waals surface area contributed by atoms with E-state index in [1.807, 2.05) is 0 Å². The Labute approximate surface area is 107 Å². The number of aromatic hydroxyl groups is 1. The molecule has 1 saturated heterocycles. The lowest BCUT2D eigenvalue weighted by molar-refractivity contribution is -0.137. The van der Waals surface area contributed by atoms with Gasteiger partial charge in [0.1, 0.15) is 5.75 Å². The van der Waals surface area contributed by atoms with E-state index < -0.39 is 17.6 Å². The number of halogens is 3. The summed E-state index contributed by atoms with van der Waals surface area (Å²) in [6.45, 7) is -0.119. The maximum atomic E-state index is 12.6. The lowest BCUT2D eigenvalue weighted by Gasteiger charge is -2.19. The maximum Gasteiger partial charge on any atom is 0.416 e. The second kappa shape index (κ2) is 4.73. The number of anilines is 1. The Morgan fingerprint density at radius 1 is 1.37 bits per heavy atom. The number of rotatable bonds is 2. The van der Waals surface area contributed by atoms with Crippen molar-refractivity contribution in [3.05, 3.63) is 23.8 Å². The summed E-state index contributed by atoms with van der Waals surface area (Å²) in [4.78, 5) is 12.8. The lowest BCUT2D eigenvalue weighted by Crippen LogP contribution is -2.25. The van der Waals surface area contributed by atoms with Gasteiger partial charge >= 0.3 is 6.18 Å². The first-order chi connectivity index (χ1) is 8.82. The number of aliphatic hydroxyl groups excluding tert-OH is 1. The van der Waals surface area contributed by atoms with Crippen LogP contribution in [0.4, 0.5) is 18.9 Å². The van der Waals surface area contributed by atoms with Gasteiger partial charge in [0.25, 0.3) is 0 Å². The first-order valence-corrected chi connectivity index (χ1v) is 5.64. The van der Waals surface area contributed by atoms with Gasteiger partial charge in [-0.25, -0.2) is 0 Å². The second-order valence-electron chi connectivity index (χ2n) is 4.46. The minimum atomic E-state index is -4.54. The Morgan fingerprint density at radius 3 is 2.58 bits per heavy atom. The Bertz CT molecular complexity index is 501. The molecule has 1 unspecified atom stereocenters. The first-order valence-electron chi connectivity index (χ1n) is 5.64. The van der Waals surface area contributed by atoms with Crippen molar-refractivity contribution in [3.8, 4) is 5.75 Å². The molecule has 1 aliphatic rings. The smallest absolute Gasteiger partial charge is 0.416 e. The number of carbonyl (C=O) groups excluding carboxylic acids is 1. The van der Waals surface area contributed by atoms with Crippen LogP contribution in [0.15, 0.2) is 18.2 Å². The van der Waals surface area contributed by atoms with Crippen LogP contribution in [0.1, 0.15) is 12.0 Å². The van der Waals surface area contributed by atoms with Crippen LogP contribution in [0, 0.1) is 5.92 Å². The summed E-state index contributed by atoms with van der Waals surface area (Å²) in [5.74, 6) is -1.12. The van der Waals surface area contributed by atoms with Crippen LogP contribution in [0.25, 0.3) is 0 Å². The van der Waals surface area contributed by atoms with E-state index in [2.05, 4.69) is 0 Å². The van der Waals surface area contributed by atoms with E-state index in [9.17, 15) is 23.1 Å². The van der Waals surface area contributed by atoms with Gasteiger partial charge in [-0.2, -0.15) is 13.2 Å². The van der Waals surface area contributed by atoms with Gasteiger partial charge in [0, 0.05) is 25.5 Å². The van der Waals surface area contributed by atoms with Gasteiger partial charge in [-0.1, -0.05) is 0 Å². The van der Waals surface area contributed by atoms with Crippen molar-refractivity contribution in [1.29, 1.82) is 0 Å². The molecule has 1 fully saturated rings. The summed E-state index contributed by atoms with van der Waals surface area (Å²) in [6.07, 6.45) is -4.48. The van der Waals surface area contributed by atoms with Gasteiger partial charge in [-0.15, -0.1) is 0 Å². The third kappa shape index (κ3) is 2.65. The van der Waals surface area contributed by atoms with Crippen molar-refractivity contribution >= 4 is 11.6 Å². The van der Waals surface area contributed by atoms with E-state index in [-0.39, 0.29) is 36.9 Å². The molecule has 7 heteroatoms. The van der Waals surface area contributed by atoms with Gasteiger partial charge in [0.2, 0.25) is 5.91 Å². The summed E-state index contributed by atoms with van der Waals surface area (Å²) in [6, 6.07) is 2.41. The van der Waals surface area contributed by atoms with E-state index in [1.54, 1.807) is 0 Å². The van der Waals surface area contributed by atoms with Gasteiger partial charge in [0.15, 0.2) is 0 Å². The summed E-state index contributed by atoms with van der Waals surface area (Å²) < 4.78 is 37.8. The lowest BCUT2D eigenvalue weighted by atomic mass is 10.1. The molecule has 0 aromatic heterocycles. The molecule has 1 aliphatic heterocycles. The fourth-order valence-electron chi connectivity index (χ4n) is 2.05. The summed E-state index contributed by atoms with van der Waals surface area (Å²) in [7, 11) is 0. The number of benzene rings is 1. The second-order valence-corrected chi connectivity index (χ2v) is 4.46. The molecule has 0 aliphatic carbocycles. The van der Waals surface area contributed by atoms with Crippen molar-refractivity contribution in [2.75, 3.05) is 18.1 Å². The molecule has 1 amide bonds. The number of nitrogens with zero attached hydrogens (tertiary/aromatic N) is 1. The zero-order valence-corrected chi connectivity index (χ0v) is 9.81. The molecule has 0 spiro atoms. The van der Waals surface area contributed by atoms with Crippen LogP contribution in [0.5, 0.6) is 5.75 Å². The quantitative estimate of drug-likeness (QED) is 0.864. The standard InChI is InChI=1S/C12H12F3NO3/c13-12(14,15)8-1-2-10(18)9(4-8)16-5-7(6-17)3-11(16)19/h1-2,4,7,17-18H,3,5-6H2. The Hall–Kier alpha value is -1.76. The van der Waals surface area contributed by atoms with Crippen LogP contribution in [0.3, 0.4) is 0 Å². The minimum absolute atomic E-state index is 0.0617. The number of amides is 1. The van der Waals surface area contributed by atoms with E-state index in [4.69, 9.17) is 5.11 Å². The zero-order valence-electron chi connectivity index (χ0n) is 9.81. The third-order valence-corrected chi connectivity index (χ3v) is 3.06. The van der Waals surface area contributed by atoms with Crippen molar-refractivity contribution in [2.24, 2.45) is 5.92 Å². The van der Waals surface area contributed by atoms with E-state index in [0.29, 0.717) is 0 Å². The predicted octanol–water partition coefficient (Wildman–Crippen LogP) is 1.76. The number of phenolic OH excluding ortho intramolecular Hbond substituents is 1. The summed E-state index contributed by atoms with van der Waals surface area (Å²) >= 11 is 0. The van der Waals surface area contributed by atoms with Crippen molar-refractivity contribution < 1.29 is 28.2 Å². The molecule has 1 aromatic carbocycles. The van der Waals surface area contributed by atoms with Crippen LogP contribution in [0.2, 0.25) is 0 Å². The van der Waals surface area contributed by atoms with E-state index >= 15 is 0 Å². The highest BCUT2D eigenvalue weighted by Crippen LogP contribution is 2.38. The van der Waals surface area contributed by atoms with Crippen LogP contribution >= 0.6 is 0 Å². The molecule has 1 atom stereocenters. The van der Waals surface area contributed by atoms with Crippen molar-refractivity contribution in [1.82, 2.24) is 0 Å². The minimum Gasteiger partial charge on any atom is -0.506 e. The summed E-state index contributed by atoms with van der Waals surface area (Å²) in [5, 5.41) is 18.6. The molecule has 1 heterocycles. The molecule has 19 heavy (non-hydrogen) atoms. The largest absolute Gasteiger partial charge is 0.506 e. The van der Waals surface area contributed by atoms with Crippen LogP contribution in [-0.4, -0.2) is 29.3 Å². The molecule has 0 radical (unpaired) electrons. The Morgan fingerprint density at radius 2 is 2.05 bits per heavy atom. The molecular formula is C12H12F3NO3.